The normalized spacial score (nSPS) is 12.0. The molecule has 0 saturated carbocycles. The van der Waals surface area contributed by atoms with Gasteiger partial charge in [-0.3, -0.25) is 9.59 Å². The standard InChI is InChI=1S/C43H45NO2/c1-7-8-41(45)36-12-10-31(11-13-36)28-40(35-16-14-32(15-17-35)33-18-22-37(23-19-33)43(4,5)6)42(46)44-38-24-20-34(21-25-38)39-26-9-29(2)27-30(39)3/h9-27,40H,7-8,28H2,1-6H3,(H,44,46)/t40-/m1/s1. The zero-order chi connectivity index (χ0) is 32.8. The van der Waals surface area contributed by atoms with E-state index < -0.39 is 5.92 Å². The molecule has 234 valence electrons. The first-order valence-electron chi connectivity index (χ1n) is 16.3. The number of anilines is 1. The Hall–Kier alpha value is -4.76. The molecule has 0 aliphatic rings. The summed E-state index contributed by atoms with van der Waals surface area (Å²) in [4.78, 5) is 26.4. The maximum atomic E-state index is 13.9. The van der Waals surface area contributed by atoms with Crippen molar-refractivity contribution in [1.29, 1.82) is 0 Å². The van der Waals surface area contributed by atoms with Crippen molar-refractivity contribution < 1.29 is 9.59 Å². The Morgan fingerprint density at radius 2 is 1.28 bits per heavy atom. The maximum absolute atomic E-state index is 13.9. The molecule has 0 aromatic heterocycles. The largest absolute Gasteiger partial charge is 0.326 e. The van der Waals surface area contributed by atoms with Gasteiger partial charge in [-0.1, -0.05) is 136 Å². The van der Waals surface area contributed by atoms with E-state index in [9.17, 15) is 9.59 Å². The smallest absolute Gasteiger partial charge is 0.232 e. The molecule has 0 fully saturated rings. The second kappa shape index (κ2) is 14.1. The van der Waals surface area contributed by atoms with E-state index in [2.05, 4.69) is 119 Å². The van der Waals surface area contributed by atoms with Gasteiger partial charge in [0.15, 0.2) is 5.78 Å². The fourth-order valence-electron chi connectivity index (χ4n) is 5.97. The highest BCUT2D eigenvalue weighted by Crippen LogP contribution is 2.30. The summed E-state index contributed by atoms with van der Waals surface area (Å²) in [5, 5.41) is 3.18. The van der Waals surface area contributed by atoms with Gasteiger partial charge >= 0.3 is 0 Å². The predicted molar refractivity (Wildman–Crippen MR) is 193 cm³/mol. The summed E-state index contributed by atoms with van der Waals surface area (Å²) in [6.07, 6.45) is 1.89. The van der Waals surface area contributed by atoms with Crippen LogP contribution in [0.25, 0.3) is 22.3 Å². The van der Waals surface area contributed by atoms with Crippen LogP contribution in [-0.2, 0) is 16.6 Å². The summed E-state index contributed by atoms with van der Waals surface area (Å²) in [5.41, 5.74) is 11.9. The first kappa shape index (κ1) is 32.6. The van der Waals surface area contributed by atoms with Crippen molar-refractivity contribution in [1.82, 2.24) is 0 Å². The fraction of sp³-hybridized carbons (Fsp3) is 0.256. The minimum Gasteiger partial charge on any atom is -0.326 e. The van der Waals surface area contributed by atoms with Gasteiger partial charge in [0.25, 0.3) is 0 Å². The Balaban J connectivity index is 1.39. The van der Waals surface area contributed by atoms with Gasteiger partial charge in [-0.2, -0.15) is 0 Å². The number of rotatable bonds is 10. The molecule has 0 saturated heterocycles. The van der Waals surface area contributed by atoms with Crippen LogP contribution in [0.3, 0.4) is 0 Å². The third-order valence-corrected chi connectivity index (χ3v) is 8.75. The van der Waals surface area contributed by atoms with Crippen molar-refractivity contribution in [2.75, 3.05) is 5.32 Å². The van der Waals surface area contributed by atoms with Crippen molar-refractivity contribution in [3.63, 3.8) is 0 Å². The number of carbonyl (C=O) groups excluding carboxylic acids is 2. The van der Waals surface area contributed by atoms with E-state index in [-0.39, 0.29) is 17.1 Å². The Morgan fingerprint density at radius 1 is 0.696 bits per heavy atom. The molecule has 3 heteroatoms. The second-order valence-electron chi connectivity index (χ2n) is 13.5. The molecule has 0 aliphatic carbocycles. The van der Waals surface area contributed by atoms with Crippen LogP contribution in [0.5, 0.6) is 0 Å². The van der Waals surface area contributed by atoms with Crippen molar-refractivity contribution in [2.24, 2.45) is 0 Å². The van der Waals surface area contributed by atoms with Crippen molar-refractivity contribution >= 4 is 17.4 Å². The van der Waals surface area contributed by atoms with Crippen LogP contribution in [0.15, 0.2) is 115 Å². The van der Waals surface area contributed by atoms with E-state index in [0.717, 1.165) is 45.5 Å². The van der Waals surface area contributed by atoms with Gasteiger partial charge in [0.05, 0.1) is 5.92 Å². The molecule has 0 unspecified atom stereocenters. The van der Waals surface area contributed by atoms with Crippen LogP contribution in [0.1, 0.15) is 84.6 Å². The third kappa shape index (κ3) is 7.90. The predicted octanol–water partition coefficient (Wildman–Crippen LogP) is 10.9. The maximum Gasteiger partial charge on any atom is 0.232 e. The van der Waals surface area contributed by atoms with E-state index in [4.69, 9.17) is 0 Å². The van der Waals surface area contributed by atoms with Crippen LogP contribution in [0.4, 0.5) is 5.69 Å². The number of benzene rings is 5. The van der Waals surface area contributed by atoms with E-state index in [1.165, 1.54) is 22.3 Å². The van der Waals surface area contributed by atoms with Gasteiger partial charge in [0, 0.05) is 17.7 Å². The highest BCUT2D eigenvalue weighted by Gasteiger charge is 2.22. The number of Topliss-reactive ketones (excluding diaryl/α,β-unsaturated/α-hetero) is 1. The summed E-state index contributed by atoms with van der Waals surface area (Å²) in [6.45, 7) is 12.9. The zero-order valence-corrected chi connectivity index (χ0v) is 28.0. The molecular weight excluding hydrogens is 562 g/mol. The minimum absolute atomic E-state index is 0.0623. The minimum atomic E-state index is -0.409. The number of carbonyl (C=O) groups is 2. The number of hydrogen-bond acceptors (Lipinski definition) is 2. The van der Waals surface area contributed by atoms with Gasteiger partial charge in [0.1, 0.15) is 0 Å². The van der Waals surface area contributed by atoms with Crippen LogP contribution < -0.4 is 5.32 Å². The summed E-state index contributed by atoms with van der Waals surface area (Å²) >= 11 is 0. The molecular formula is C43H45NO2. The molecule has 0 heterocycles. The van der Waals surface area contributed by atoms with Crippen LogP contribution in [-0.4, -0.2) is 11.7 Å². The summed E-state index contributed by atoms with van der Waals surface area (Å²) in [5.74, 6) is -0.319. The van der Waals surface area contributed by atoms with Crippen molar-refractivity contribution in [3.8, 4) is 22.3 Å². The SMILES string of the molecule is CCCC(=O)c1ccc(C[C@@H](C(=O)Nc2ccc(-c3ccc(C)cc3C)cc2)c2ccc(-c3ccc(C(C)(C)C)cc3)cc2)cc1. The number of nitrogens with one attached hydrogen (secondary N) is 1. The van der Waals surface area contributed by atoms with Crippen molar-refractivity contribution in [2.45, 2.75) is 72.1 Å². The molecule has 5 rings (SSSR count). The number of amides is 1. The first-order chi connectivity index (χ1) is 22.0. The molecule has 1 atom stereocenters. The molecule has 5 aromatic carbocycles. The van der Waals surface area contributed by atoms with Crippen LogP contribution >= 0.6 is 0 Å². The fourth-order valence-corrected chi connectivity index (χ4v) is 5.97. The molecule has 5 aromatic rings. The number of aryl methyl sites for hydroxylation is 2. The quantitative estimate of drug-likeness (QED) is 0.161. The molecule has 3 nitrogen and oxygen atoms in total. The van der Waals surface area contributed by atoms with Gasteiger partial charge in [-0.05, 0) is 88.7 Å². The van der Waals surface area contributed by atoms with Gasteiger partial charge in [-0.25, -0.2) is 0 Å². The third-order valence-electron chi connectivity index (χ3n) is 8.75. The van der Waals surface area contributed by atoms with E-state index in [1.807, 2.05) is 43.3 Å². The van der Waals surface area contributed by atoms with Crippen LogP contribution in [0, 0.1) is 13.8 Å². The highest BCUT2D eigenvalue weighted by molar-refractivity contribution is 5.97. The van der Waals surface area contributed by atoms with Gasteiger partial charge in [0.2, 0.25) is 5.91 Å². The van der Waals surface area contributed by atoms with Gasteiger partial charge in [-0.15, -0.1) is 0 Å². The summed E-state index contributed by atoms with van der Waals surface area (Å²) in [7, 11) is 0. The molecule has 0 radical (unpaired) electrons. The van der Waals surface area contributed by atoms with E-state index in [0.29, 0.717) is 12.8 Å². The van der Waals surface area contributed by atoms with Gasteiger partial charge < -0.3 is 5.32 Å². The first-order valence-corrected chi connectivity index (χ1v) is 16.3. The van der Waals surface area contributed by atoms with Crippen LogP contribution in [0.2, 0.25) is 0 Å². The molecule has 0 bridgehead atoms. The monoisotopic (exact) mass is 607 g/mol. The average Bonchev–Trinajstić information content (AvgIpc) is 3.04. The Bertz CT molecular complexity index is 1790. The van der Waals surface area contributed by atoms with Crippen molar-refractivity contribution in [3.05, 3.63) is 149 Å². The molecule has 0 aliphatic heterocycles. The number of hydrogen-bond donors (Lipinski definition) is 1. The number of ketones is 1. The lowest BCUT2D eigenvalue weighted by Gasteiger charge is -2.20. The summed E-state index contributed by atoms with van der Waals surface area (Å²) in [6, 6.07) is 39.3. The molecule has 46 heavy (non-hydrogen) atoms. The summed E-state index contributed by atoms with van der Waals surface area (Å²) < 4.78 is 0. The lowest BCUT2D eigenvalue weighted by Crippen LogP contribution is -2.23. The van der Waals surface area contributed by atoms with E-state index >= 15 is 0 Å². The highest BCUT2D eigenvalue weighted by atomic mass is 16.2. The average molecular weight is 608 g/mol. The second-order valence-corrected chi connectivity index (χ2v) is 13.5. The Morgan fingerprint density at radius 3 is 1.85 bits per heavy atom. The molecule has 1 amide bonds. The lowest BCUT2D eigenvalue weighted by molar-refractivity contribution is -0.117. The molecule has 1 N–H and O–H groups in total. The zero-order valence-electron chi connectivity index (χ0n) is 28.0. The Kier molecular flexibility index (Phi) is 10.0. The van der Waals surface area contributed by atoms with E-state index in [1.54, 1.807) is 0 Å². The molecule has 0 spiro atoms. The topological polar surface area (TPSA) is 46.2 Å². The Labute approximate surface area is 274 Å². The lowest BCUT2D eigenvalue weighted by atomic mass is 9.86.